The summed E-state index contributed by atoms with van der Waals surface area (Å²) in [6.45, 7) is 5.17. The summed E-state index contributed by atoms with van der Waals surface area (Å²) in [6.07, 6.45) is 26.2. The zero-order valence-electron chi connectivity index (χ0n) is 22.2. The summed E-state index contributed by atoms with van der Waals surface area (Å²) >= 11 is 0. The van der Waals surface area contributed by atoms with Crippen LogP contribution in [0.5, 0.6) is 0 Å². The molecule has 1 atom stereocenters. The van der Waals surface area contributed by atoms with Crippen LogP contribution in [0.15, 0.2) is 60.8 Å². The number of amides is 1. The Labute approximate surface area is 216 Å². The molecule has 0 heterocycles. The minimum absolute atomic E-state index is 0.0725. The largest absolute Gasteiger partial charge is 0.481 e. The standard InChI is InChI=1S/C29H45NO6/c1-4-5-6-7-8-9-10-11-12-13-14-15-16-17-18-19-20-21-26(33)36-24-29(2,3)27(34)28(35)30-23-22-25(31)32/h5-6,8-9,11-12,14-15,17-18,27,34H,4,7,10,13,16,19-24H2,1-3H3,(H,30,35)(H,31,32)/b6-5-,9-8-,12-11-,15-14-,18-17-/t27-/m0/s1. The van der Waals surface area contributed by atoms with Crippen LogP contribution in [0.4, 0.5) is 0 Å². The minimum atomic E-state index is -1.42. The van der Waals surface area contributed by atoms with Gasteiger partial charge >= 0.3 is 11.9 Å². The van der Waals surface area contributed by atoms with Crippen molar-refractivity contribution in [3.8, 4) is 0 Å². The summed E-state index contributed by atoms with van der Waals surface area (Å²) in [7, 11) is 0. The number of carboxylic acids is 1. The zero-order valence-corrected chi connectivity index (χ0v) is 22.2. The van der Waals surface area contributed by atoms with Crippen LogP contribution < -0.4 is 5.32 Å². The monoisotopic (exact) mass is 503 g/mol. The van der Waals surface area contributed by atoms with Crippen molar-refractivity contribution in [2.75, 3.05) is 13.2 Å². The summed E-state index contributed by atoms with van der Waals surface area (Å²) in [4.78, 5) is 34.4. The van der Waals surface area contributed by atoms with Crippen molar-refractivity contribution in [2.24, 2.45) is 5.41 Å². The van der Waals surface area contributed by atoms with Gasteiger partial charge in [-0.15, -0.1) is 0 Å². The lowest BCUT2D eigenvalue weighted by molar-refractivity contribution is -0.153. The predicted molar refractivity (Wildman–Crippen MR) is 144 cm³/mol. The zero-order chi connectivity index (χ0) is 27.1. The van der Waals surface area contributed by atoms with Gasteiger partial charge in [-0.3, -0.25) is 14.4 Å². The molecule has 0 rings (SSSR count). The highest BCUT2D eigenvalue weighted by atomic mass is 16.5. The molecule has 7 nitrogen and oxygen atoms in total. The van der Waals surface area contributed by atoms with E-state index in [4.69, 9.17) is 9.84 Å². The molecule has 0 unspecified atom stereocenters. The number of aliphatic hydroxyl groups is 1. The Morgan fingerprint density at radius 2 is 1.33 bits per heavy atom. The molecule has 0 aromatic heterocycles. The van der Waals surface area contributed by atoms with Crippen molar-refractivity contribution >= 4 is 17.8 Å². The van der Waals surface area contributed by atoms with E-state index in [0.717, 1.165) is 38.5 Å². The van der Waals surface area contributed by atoms with Crippen molar-refractivity contribution in [1.29, 1.82) is 0 Å². The van der Waals surface area contributed by atoms with Gasteiger partial charge in [0.2, 0.25) is 5.91 Å². The summed E-state index contributed by atoms with van der Waals surface area (Å²) in [5.74, 6) is -2.10. The maximum atomic E-state index is 12.0. The first kappa shape index (κ1) is 33.1. The third-order valence-electron chi connectivity index (χ3n) is 5.14. The van der Waals surface area contributed by atoms with E-state index in [1.54, 1.807) is 13.8 Å². The Morgan fingerprint density at radius 1 is 0.833 bits per heavy atom. The van der Waals surface area contributed by atoms with Crippen molar-refractivity contribution in [3.63, 3.8) is 0 Å². The van der Waals surface area contributed by atoms with Crippen LogP contribution in [0.25, 0.3) is 0 Å². The molecule has 0 aliphatic heterocycles. The highest BCUT2D eigenvalue weighted by molar-refractivity contribution is 5.81. The number of aliphatic carboxylic acids is 1. The lowest BCUT2D eigenvalue weighted by atomic mass is 9.87. The van der Waals surface area contributed by atoms with E-state index in [1.165, 1.54) is 0 Å². The van der Waals surface area contributed by atoms with Gasteiger partial charge in [-0.2, -0.15) is 0 Å². The Hall–Kier alpha value is -2.93. The van der Waals surface area contributed by atoms with Gasteiger partial charge in [0.15, 0.2) is 0 Å². The predicted octanol–water partition coefficient (Wildman–Crippen LogP) is 5.43. The fourth-order valence-electron chi connectivity index (χ4n) is 2.89. The van der Waals surface area contributed by atoms with Crippen molar-refractivity contribution in [1.82, 2.24) is 5.32 Å². The summed E-state index contributed by atoms with van der Waals surface area (Å²) in [6, 6.07) is 0. The van der Waals surface area contributed by atoms with E-state index in [9.17, 15) is 19.5 Å². The van der Waals surface area contributed by atoms with Crippen LogP contribution in [0, 0.1) is 5.41 Å². The van der Waals surface area contributed by atoms with E-state index in [2.05, 4.69) is 66.9 Å². The number of hydrogen-bond acceptors (Lipinski definition) is 5. The van der Waals surface area contributed by atoms with Gasteiger partial charge in [0.1, 0.15) is 6.10 Å². The summed E-state index contributed by atoms with van der Waals surface area (Å²) in [5, 5.41) is 21.1. The van der Waals surface area contributed by atoms with Crippen LogP contribution in [0.2, 0.25) is 0 Å². The number of allylic oxidation sites excluding steroid dienone is 10. The van der Waals surface area contributed by atoms with Gasteiger partial charge in [-0.05, 0) is 44.9 Å². The smallest absolute Gasteiger partial charge is 0.305 e. The number of unbranched alkanes of at least 4 members (excludes halogenated alkanes) is 1. The van der Waals surface area contributed by atoms with Crippen molar-refractivity contribution in [3.05, 3.63) is 60.8 Å². The second kappa shape index (κ2) is 21.4. The molecule has 0 aliphatic carbocycles. The van der Waals surface area contributed by atoms with Crippen LogP contribution >= 0.6 is 0 Å². The van der Waals surface area contributed by atoms with Gasteiger partial charge in [0.25, 0.3) is 0 Å². The average Bonchev–Trinajstić information content (AvgIpc) is 2.83. The highest BCUT2D eigenvalue weighted by Crippen LogP contribution is 2.22. The third kappa shape index (κ3) is 19.4. The van der Waals surface area contributed by atoms with Crippen molar-refractivity contribution < 1.29 is 29.3 Å². The molecule has 202 valence electrons. The molecule has 0 saturated heterocycles. The Bertz CT molecular complexity index is 777. The fourth-order valence-corrected chi connectivity index (χ4v) is 2.89. The second-order valence-electron chi connectivity index (χ2n) is 9.09. The number of nitrogens with one attached hydrogen (secondary N) is 1. The van der Waals surface area contributed by atoms with Crippen molar-refractivity contribution in [2.45, 2.75) is 84.7 Å². The van der Waals surface area contributed by atoms with E-state index >= 15 is 0 Å². The van der Waals surface area contributed by atoms with Crippen LogP contribution in [0.1, 0.15) is 78.6 Å². The van der Waals surface area contributed by atoms with Gasteiger partial charge in [-0.1, -0.05) is 81.5 Å². The number of hydrogen-bond donors (Lipinski definition) is 3. The minimum Gasteiger partial charge on any atom is -0.481 e. The lowest BCUT2D eigenvalue weighted by Crippen LogP contribution is -2.46. The molecule has 7 heteroatoms. The molecular weight excluding hydrogens is 458 g/mol. The summed E-state index contributed by atoms with van der Waals surface area (Å²) in [5.41, 5.74) is -0.993. The molecule has 0 aliphatic rings. The van der Waals surface area contributed by atoms with Gasteiger partial charge in [0, 0.05) is 18.4 Å². The Kier molecular flexibility index (Phi) is 19.6. The molecule has 36 heavy (non-hydrogen) atoms. The van der Waals surface area contributed by atoms with Crippen LogP contribution in [-0.2, 0) is 19.1 Å². The van der Waals surface area contributed by atoms with Gasteiger partial charge < -0.3 is 20.3 Å². The molecule has 0 aromatic rings. The van der Waals surface area contributed by atoms with E-state index in [-0.39, 0.29) is 32.0 Å². The lowest BCUT2D eigenvalue weighted by Gasteiger charge is -2.28. The van der Waals surface area contributed by atoms with Gasteiger partial charge in [0.05, 0.1) is 13.0 Å². The number of aliphatic hydroxyl groups excluding tert-OH is 1. The summed E-state index contributed by atoms with van der Waals surface area (Å²) < 4.78 is 5.23. The molecule has 0 bridgehead atoms. The third-order valence-corrected chi connectivity index (χ3v) is 5.14. The van der Waals surface area contributed by atoms with E-state index in [0.29, 0.717) is 6.42 Å². The topological polar surface area (TPSA) is 113 Å². The molecule has 3 N–H and O–H groups in total. The van der Waals surface area contributed by atoms with E-state index in [1.807, 2.05) is 6.08 Å². The second-order valence-corrected chi connectivity index (χ2v) is 9.09. The van der Waals surface area contributed by atoms with Crippen LogP contribution in [0.3, 0.4) is 0 Å². The SMILES string of the molecule is CC/C=C\C/C=C\C/C=C\C/C=C\C/C=C\CCCC(=O)OCC(C)(C)[C@@H](O)C(=O)NCCC(=O)O. The maximum absolute atomic E-state index is 12.0. The van der Waals surface area contributed by atoms with Gasteiger partial charge in [-0.25, -0.2) is 0 Å². The number of carbonyl (C=O) groups is 3. The molecule has 0 aromatic carbocycles. The fraction of sp³-hybridized carbons (Fsp3) is 0.552. The average molecular weight is 504 g/mol. The molecule has 0 radical (unpaired) electrons. The Balaban J connectivity index is 3.92. The van der Waals surface area contributed by atoms with E-state index < -0.39 is 23.4 Å². The number of ether oxygens (including phenoxy) is 1. The number of esters is 1. The van der Waals surface area contributed by atoms with Crippen LogP contribution in [-0.4, -0.2) is 47.3 Å². The number of carboxylic acid groups (broad SMARTS) is 1. The molecule has 0 fully saturated rings. The highest BCUT2D eigenvalue weighted by Gasteiger charge is 2.34. The first-order chi connectivity index (χ1) is 17.2. The Morgan fingerprint density at radius 3 is 1.83 bits per heavy atom. The molecule has 0 saturated carbocycles. The molecular formula is C29H45NO6. The molecule has 1 amide bonds. The number of rotatable bonds is 20. The first-order valence-electron chi connectivity index (χ1n) is 12.8. The first-order valence-corrected chi connectivity index (χ1v) is 12.8. The normalized spacial score (nSPS) is 13.4. The maximum Gasteiger partial charge on any atom is 0.305 e. The molecule has 0 spiro atoms. The number of carbonyl (C=O) groups excluding carboxylic acids is 2. The quantitative estimate of drug-likeness (QED) is 0.116.